The molecule has 2 aliphatic rings. The molecule has 1 aromatic heterocycles. The maximum atomic E-state index is 12.1. The molecule has 2 atom stereocenters. The molecule has 2 aromatic rings. The van der Waals surface area contributed by atoms with E-state index >= 15 is 0 Å². The van der Waals surface area contributed by atoms with Crippen LogP contribution in [0.4, 0.5) is 0 Å². The van der Waals surface area contributed by atoms with Crippen molar-refractivity contribution in [1.29, 1.82) is 0 Å². The second kappa shape index (κ2) is 7.36. The molecule has 7 nitrogen and oxygen atoms in total. The second-order valence-electron chi connectivity index (χ2n) is 6.78. The van der Waals surface area contributed by atoms with Crippen LogP contribution in [0.25, 0.3) is 11.3 Å². The molecule has 1 saturated heterocycles. The number of pyridine rings is 1. The molecule has 7 heteroatoms. The zero-order chi connectivity index (χ0) is 18.8. The summed E-state index contributed by atoms with van der Waals surface area (Å²) in [6.07, 6.45) is 3.41. The average molecular weight is 367 g/mol. The Morgan fingerprint density at radius 2 is 2.15 bits per heavy atom. The highest BCUT2D eigenvalue weighted by Crippen LogP contribution is 2.37. The summed E-state index contributed by atoms with van der Waals surface area (Å²) < 4.78 is 11.5. The minimum atomic E-state index is -0.509. The molecule has 1 aromatic carbocycles. The molecule has 140 valence electrons. The van der Waals surface area contributed by atoms with Crippen LogP contribution in [0.5, 0.6) is 5.75 Å². The summed E-state index contributed by atoms with van der Waals surface area (Å²) in [5, 5.41) is 2.92. The predicted molar refractivity (Wildman–Crippen MR) is 98.3 cm³/mol. The Labute approximate surface area is 156 Å². The van der Waals surface area contributed by atoms with Gasteiger partial charge in [-0.15, -0.1) is 0 Å². The molecule has 0 bridgehead atoms. The second-order valence-corrected chi connectivity index (χ2v) is 6.78. The summed E-state index contributed by atoms with van der Waals surface area (Å²) in [6, 6.07) is 9.30. The van der Waals surface area contributed by atoms with Crippen LogP contribution in [0, 0.1) is 0 Å². The van der Waals surface area contributed by atoms with Crippen molar-refractivity contribution in [2.24, 2.45) is 5.73 Å². The molecule has 2 aliphatic heterocycles. The number of rotatable bonds is 5. The number of carbonyl (C=O) groups is 2. The van der Waals surface area contributed by atoms with Crippen LogP contribution >= 0.6 is 0 Å². The molecule has 0 saturated carbocycles. The van der Waals surface area contributed by atoms with Crippen LogP contribution < -0.4 is 15.8 Å². The summed E-state index contributed by atoms with van der Waals surface area (Å²) in [4.78, 5) is 27.7. The largest absolute Gasteiger partial charge is 0.487 e. The summed E-state index contributed by atoms with van der Waals surface area (Å²) in [5.41, 5.74) is 8.27. The van der Waals surface area contributed by atoms with Gasteiger partial charge in [0.1, 0.15) is 18.0 Å². The van der Waals surface area contributed by atoms with Crippen molar-refractivity contribution in [2.75, 3.05) is 13.2 Å². The number of ether oxygens (including phenoxy) is 2. The number of hydrogen-bond donors (Lipinski definition) is 2. The molecule has 0 spiro atoms. The zero-order valence-corrected chi connectivity index (χ0v) is 14.8. The fourth-order valence-electron chi connectivity index (χ4n) is 3.47. The van der Waals surface area contributed by atoms with E-state index in [9.17, 15) is 9.59 Å². The third-order valence-electron chi connectivity index (χ3n) is 4.88. The number of fused-ring (bicyclic) bond motifs is 1. The first kappa shape index (κ1) is 17.5. The fraction of sp³-hybridized carbons (Fsp3) is 0.350. The number of nitrogens with one attached hydrogen (secondary N) is 1. The van der Waals surface area contributed by atoms with Crippen LogP contribution in [0.1, 0.15) is 28.8 Å². The van der Waals surface area contributed by atoms with Gasteiger partial charge in [0.05, 0.1) is 17.8 Å². The summed E-state index contributed by atoms with van der Waals surface area (Å²) in [7, 11) is 0. The molecule has 1 fully saturated rings. The maximum absolute atomic E-state index is 12.1. The SMILES string of the molecule is NC(=O)c1ccc(-c2cccc3c2OC(CNC(=O)C2CCCO2)C3)nc1. The van der Waals surface area contributed by atoms with E-state index in [1.165, 1.54) is 6.20 Å². The van der Waals surface area contributed by atoms with Crippen molar-refractivity contribution in [1.82, 2.24) is 10.3 Å². The highest BCUT2D eigenvalue weighted by Gasteiger charge is 2.28. The lowest BCUT2D eigenvalue weighted by Crippen LogP contribution is -2.40. The fourth-order valence-corrected chi connectivity index (χ4v) is 3.47. The molecule has 0 aliphatic carbocycles. The van der Waals surface area contributed by atoms with Gasteiger partial charge in [-0.1, -0.05) is 12.1 Å². The van der Waals surface area contributed by atoms with Crippen LogP contribution in [-0.4, -0.2) is 42.2 Å². The summed E-state index contributed by atoms with van der Waals surface area (Å²) >= 11 is 0. The number of aromatic nitrogens is 1. The number of nitrogens with zero attached hydrogens (tertiary/aromatic N) is 1. The van der Waals surface area contributed by atoms with E-state index in [4.69, 9.17) is 15.2 Å². The smallest absolute Gasteiger partial charge is 0.250 e. The first-order chi connectivity index (χ1) is 13.1. The number of primary amides is 1. The lowest BCUT2D eigenvalue weighted by molar-refractivity contribution is -0.130. The minimum absolute atomic E-state index is 0.0732. The van der Waals surface area contributed by atoms with Crippen molar-refractivity contribution in [3.63, 3.8) is 0 Å². The van der Waals surface area contributed by atoms with Gasteiger partial charge in [0.15, 0.2) is 0 Å². The zero-order valence-electron chi connectivity index (χ0n) is 14.8. The molecule has 3 heterocycles. The highest BCUT2D eigenvalue weighted by atomic mass is 16.5. The number of benzene rings is 1. The topological polar surface area (TPSA) is 104 Å². The number of carbonyl (C=O) groups excluding carboxylic acids is 2. The Morgan fingerprint density at radius 1 is 1.26 bits per heavy atom. The number of amides is 2. The summed E-state index contributed by atoms with van der Waals surface area (Å²) in [5.74, 6) is 0.190. The van der Waals surface area contributed by atoms with Gasteiger partial charge in [-0.3, -0.25) is 14.6 Å². The molecule has 27 heavy (non-hydrogen) atoms. The maximum Gasteiger partial charge on any atom is 0.250 e. The van der Waals surface area contributed by atoms with Crippen molar-refractivity contribution in [3.8, 4) is 17.0 Å². The monoisotopic (exact) mass is 367 g/mol. The Bertz CT molecular complexity index is 860. The van der Waals surface area contributed by atoms with E-state index in [-0.39, 0.29) is 18.1 Å². The van der Waals surface area contributed by atoms with E-state index in [0.717, 1.165) is 29.7 Å². The molecule has 2 unspecified atom stereocenters. The molecular formula is C20H21N3O4. The first-order valence-electron chi connectivity index (χ1n) is 9.06. The van der Waals surface area contributed by atoms with Crippen molar-refractivity contribution >= 4 is 11.8 Å². The standard InChI is InChI=1S/C20H21N3O4/c21-19(24)13-6-7-16(22-10-13)15-4-1-3-12-9-14(27-18(12)15)11-23-20(25)17-5-2-8-26-17/h1,3-4,6-7,10,14,17H,2,5,8-9,11H2,(H2,21,24)(H,23,25). The molecule has 4 rings (SSSR count). The van der Waals surface area contributed by atoms with Gasteiger partial charge in [0, 0.05) is 24.8 Å². The van der Waals surface area contributed by atoms with Gasteiger partial charge in [0.2, 0.25) is 11.8 Å². The quantitative estimate of drug-likeness (QED) is 0.832. The first-order valence-corrected chi connectivity index (χ1v) is 9.06. The van der Waals surface area contributed by atoms with Crippen LogP contribution in [0.2, 0.25) is 0 Å². The van der Waals surface area contributed by atoms with Crippen LogP contribution in [-0.2, 0) is 16.0 Å². The lowest BCUT2D eigenvalue weighted by Gasteiger charge is -2.15. The van der Waals surface area contributed by atoms with Crippen molar-refractivity contribution in [3.05, 3.63) is 47.7 Å². The molecular weight excluding hydrogens is 346 g/mol. The average Bonchev–Trinajstić information content (AvgIpc) is 3.35. The van der Waals surface area contributed by atoms with Crippen LogP contribution in [0.15, 0.2) is 36.5 Å². The van der Waals surface area contributed by atoms with Crippen molar-refractivity contribution in [2.45, 2.75) is 31.5 Å². The number of hydrogen-bond acceptors (Lipinski definition) is 5. The Kier molecular flexibility index (Phi) is 4.77. The Balaban J connectivity index is 1.45. The third kappa shape index (κ3) is 3.64. The van der Waals surface area contributed by atoms with Gasteiger partial charge in [0.25, 0.3) is 0 Å². The minimum Gasteiger partial charge on any atom is -0.487 e. The van der Waals surface area contributed by atoms with E-state index in [1.807, 2.05) is 18.2 Å². The Hall–Kier alpha value is -2.93. The van der Waals surface area contributed by atoms with Gasteiger partial charge in [-0.25, -0.2) is 0 Å². The van der Waals surface area contributed by atoms with Gasteiger partial charge in [-0.05, 0) is 36.6 Å². The van der Waals surface area contributed by atoms with E-state index in [2.05, 4.69) is 10.3 Å². The van der Waals surface area contributed by atoms with Gasteiger partial charge in [-0.2, -0.15) is 0 Å². The number of nitrogens with two attached hydrogens (primary N) is 1. The van der Waals surface area contributed by atoms with E-state index < -0.39 is 5.91 Å². The van der Waals surface area contributed by atoms with E-state index in [0.29, 0.717) is 30.8 Å². The summed E-state index contributed by atoms with van der Waals surface area (Å²) in [6.45, 7) is 1.08. The molecule has 0 radical (unpaired) electrons. The lowest BCUT2D eigenvalue weighted by atomic mass is 10.0. The normalized spacial score (nSPS) is 20.7. The van der Waals surface area contributed by atoms with Gasteiger partial charge < -0.3 is 20.5 Å². The molecule has 3 N–H and O–H groups in total. The third-order valence-corrected chi connectivity index (χ3v) is 4.88. The predicted octanol–water partition coefficient (Wildman–Crippen LogP) is 1.45. The van der Waals surface area contributed by atoms with E-state index in [1.54, 1.807) is 12.1 Å². The highest BCUT2D eigenvalue weighted by molar-refractivity contribution is 5.92. The van der Waals surface area contributed by atoms with Crippen LogP contribution in [0.3, 0.4) is 0 Å². The Morgan fingerprint density at radius 3 is 2.85 bits per heavy atom. The van der Waals surface area contributed by atoms with Crippen molar-refractivity contribution < 1.29 is 19.1 Å². The molecule has 2 amide bonds. The number of para-hydroxylation sites is 1. The van der Waals surface area contributed by atoms with Gasteiger partial charge >= 0.3 is 0 Å².